The predicted octanol–water partition coefficient (Wildman–Crippen LogP) is 1.88. The fourth-order valence-electron chi connectivity index (χ4n) is 3.73. The third-order valence-electron chi connectivity index (χ3n) is 4.95. The summed E-state index contributed by atoms with van der Waals surface area (Å²) in [7, 11) is 0. The van der Waals surface area contributed by atoms with Gasteiger partial charge >= 0.3 is 0 Å². The highest BCUT2D eigenvalue weighted by molar-refractivity contribution is 5.97. The molecule has 2 aliphatic rings. The molecule has 1 atom stereocenters. The highest BCUT2D eigenvalue weighted by atomic mass is 19.1. The molecule has 0 aliphatic carbocycles. The minimum Gasteiger partial charge on any atom is -0.337 e. The van der Waals surface area contributed by atoms with E-state index in [4.69, 9.17) is 0 Å². The topological polar surface area (TPSA) is 66.4 Å². The summed E-state index contributed by atoms with van der Waals surface area (Å²) in [4.78, 5) is 36.3. The first-order valence-electron chi connectivity index (χ1n) is 8.18. The standard InChI is InChI=1S/C18H17FN4O2/c19-13-2-1-3-14(8-13)23-12-18(9-16(23)24)4-7-22(11-18)17(25)15-10-20-5-6-21-15/h1-3,5-6,8,10H,4,7,9,11-12H2/t18-/m0/s1. The van der Waals surface area contributed by atoms with Gasteiger partial charge in [-0.25, -0.2) is 9.37 Å². The van der Waals surface area contributed by atoms with E-state index in [-0.39, 0.29) is 23.0 Å². The molecular weight excluding hydrogens is 323 g/mol. The lowest BCUT2D eigenvalue weighted by atomic mass is 9.86. The minimum absolute atomic E-state index is 0.0283. The maximum atomic E-state index is 13.5. The van der Waals surface area contributed by atoms with Crippen LogP contribution >= 0.6 is 0 Å². The molecule has 0 radical (unpaired) electrons. The lowest BCUT2D eigenvalue weighted by molar-refractivity contribution is -0.117. The Morgan fingerprint density at radius 2 is 2.12 bits per heavy atom. The molecule has 7 heteroatoms. The van der Waals surface area contributed by atoms with Crippen LogP contribution in [0.2, 0.25) is 0 Å². The molecule has 0 unspecified atom stereocenters. The van der Waals surface area contributed by atoms with Crippen molar-refractivity contribution < 1.29 is 14.0 Å². The number of amides is 2. The van der Waals surface area contributed by atoms with Gasteiger partial charge in [-0.1, -0.05) is 6.07 Å². The Balaban J connectivity index is 1.51. The highest BCUT2D eigenvalue weighted by Gasteiger charge is 2.49. The number of anilines is 1. The van der Waals surface area contributed by atoms with Crippen molar-refractivity contribution in [1.82, 2.24) is 14.9 Å². The number of benzene rings is 1. The zero-order valence-electron chi connectivity index (χ0n) is 13.6. The van der Waals surface area contributed by atoms with Gasteiger partial charge in [-0.15, -0.1) is 0 Å². The van der Waals surface area contributed by atoms with Gasteiger partial charge in [-0.3, -0.25) is 14.6 Å². The van der Waals surface area contributed by atoms with Crippen molar-refractivity contribution >= 4 is 17.5 Å². The number of halogens is 1. The Labute approximate surface area is 144 Å². The number of carbonyl (C=O) groups is 2. The number of nitrogens with zero attached hydrogens (tertiary/aromatic N) is 4. The van der Waals surface area contributed by atoms with Crippen molar-refractivity contribution in [1.29, 1.82) is 0 Å². The van der Waals surface area contributed by atoms with E-state index in [9.17, 15) is 14.0 Å². The van der Waals surface area contributed by atoms with Crippen LogP contribution < -0.4 is 4.90 Å². The number of rotatable bonds is 2. The lowest BCUT2D eigenvalue weighted by Crippen LogP contribution is -2.34. The third-order valence-corrected chi connectivity index (χ3v) is 4.95. The zero-order valence-corrected chi connectivity index (χ0v) is 13.6. The van der Waals surface area contributed by atoms with Crippen LogP contribution in [0.25, 0.3) is 0 Å². The molecule has 3 heterocycles. The fourth-order valence-corrected chi connectivity index (χ4v) is 3.73. The predicted molar refractivity (Wildman–Crippen MR) is 88.4 cm³/mol. The maximum Gasteiger partial charge on any atom is 0.274 e. The first kappa shape index (κ1) is 15.7. The molecule has 4 rings (SSSR count). The van der Waals surface area contributed by atoms with Crippen LogP contribution in [-0.4, -0.2) is 46.3 Å². The summed E-state index contributed by atoms with van der Waals surface area (Å²) in [6.45, 7) is 1.58. The van der Waals surface area contributed by atoms with Crippen molar-refractivity contribution in [3.05, 3.63) is 54.4 Å². The molecule has 2 aliphatic heterocycles. The maximum absolute atomic E-state index is 13.5. The van der Waals surface area contributed by atoms with Crippen molar-refractivity contribution in [2.45, 2.75) is 12.8 Å². The Morgan fingerprint density at radius 3 is 2.88 bits per heavy atom. The second-order valence-corrected chi connectivity index (χ2v) is 6.70. The van der Waals surface area contributed by atoms with E-state index >= 15 is 0 Å². The molecule has 2 aromatic rings. The largest absolute Gasteiger partial charge is 0.337 e. The molecule has 0 bridgehead atoms. The van der Waals surface area contributed by atoms with Crippen molar-refractivity contribution in [2.75, 3.05) is 24.5 Å². The van der Waals surface area contributed by atoms with E-state index in [0.29, 0.717) is 37.4 Å². The normalized spacial score (nSPS) is 22.8. The number of aromatic nitrogens is 2. The minimum atomic E-state index is -0.364. The highest BCUT2D eigenvalue weighted by Crippen LogP contribution is 2.42. The molecule has 1 spiro atoms. The average molecular weight is 340 g/mol. The van der Waals surface area contributed by atoms with Gasteiger partial charge in [0, 0.05) is 49.6 Å². The van der Waals surface area contributed by atoms with Crippen molar-refractivity contribution in [3.63, 3.8) is 0 Å². The Bertz CT molecular complexity index is 829. The summed E-state index contributed by atoms with van der Waals surface area (Å²) in [5.74, 6) is -0.557. The molecule has 2 saturated heterocycles. The molecule has 2 fully saturated rings. The van der Waals surface area contributed by atoms with E-state index in [2.05, 4.69) is 9.97 Å². The monoisotopic (exact) mass is 340 g/mol. The second-order valence-electron chi connectivity index (χ2n) is 6.70. The summed E-state index contributed by atoms with van der Waals surface area (Å²) in [5.41, 5.74) is 0.604. The molecule has 6 nitrogen and oxygen atoms in total. The Kier molecular flexibility index (Phi) is 3.71. The SMILES string of the molecule is O=C(c1cnccn1)N1CC[C@]2(CC(=O)N(c3cccc(F)c3)C2)C1. The smallest absolute Gasteiger partial charge is 0.274 e. The van der Waals surface area contributed by atoms with Crippen LogP contribution in [0.5, 0.6) is 0 Å². The first-order valence-corrected chi connectivity index (χ1v) is 8.18. The molecule has 0 saturated carbocycles. The summed E-state index contributed by atoms with van der Waals surface area (Å²) in [5, 5.41) is 0. The van der Waals surface area contributed by atoms with Gasteiger partial charge < -0.3 is 9.80 Å². The van der Waals surface area contributed by atoms with Crippen LogP contribution in [0.3, 0.4) is 0 Å². The molecule has 0 N–H and O–H groups in total. The van der Waals surface area contributed by atoms with Crippen LogP contribution in [-0.2, 0) is 4.79 Å². The van der Waals surface area contributed by atoms with Crippen molar-refractivity contribution in [2.24, 2.45) is 5.41 Å². The number of carbonyl (C=O) groups excluding carboxylic acids is 2. The van der Waals surface area contributed by atoms with Gasteiger partial charge in [-0.05, 0) is 24.6 Å². The summed E-state index contributed by atoms with van der Waals surface area (Å²) >= 11 is 0. The number of hydrogen-bond donors (Lipinski definition) is 0. The van der Waals surface area contributed by atoms with Crippen molar-refractivity contribution in [3.8, 4) is 0 Å². The van der Waals surface area contributed by atoms with Gasteiger partial charge in [0.15, 0.2) is 0 Å². The Hall–Kier alpha value is -2.83. The van der Waals surface area contributed by atoms with E-state index in [1.54, 1.807) is 21.9 Å². The summed E-state index contributed by atoms with van der Waals surface area (Å²) in [6, 6.07) is 6.06. The van der Waals surface area contributed by atoms with Gasteiger partial charge in [-0.2, -0.15) is 0 Å². The molecule has 128 valence electrons. The van der Waals surface area contributed by atoms with Gasteiger partial charge in [0.1, 0.15) is 11.5 Å². The third kappa shape index (κ3) is 2.86. The molecule has 2 amide bonds. The average Bonchev–Trinajstić information content (AvgIpc) is 3.18. The van der Waals surface area contributed by atoms with Crippen LogP contribution in [0.4, 0.5) is 10.1 Å². The second kappa shape index (κ2) is 5.91. The molecule has 25 heavy (non-hydrogen) atoms. The van der Waals surface area contributed by atoms with E-state index in [1.807, 2.05) is 0 Å². The summed E-state index contributed by atoms with van der Waals surface area (Å²) in [6.07, 6.45) is 5.58. The molecule has 1 aromatic heterocycles. The zero-order chi connectivity index (χ0) is 17.4. The summed E-state index contributed by atoms with van der Waals surface area (Å²) < 4.78 is 13.5. The fraction of sp³-hybridized carbons (Fsp3) is 0.333. The van der Waals surface area contributed by atoms with Gasteiger partial charge in [0.25, 0.3) is 5.91 Å². The van der Waals surface area contributed by atoms with Crippen LogP contribution in [0.15, 0.2) is 42.9 Å². The number of hydrogen-bond acceptors (Lipinski definition) is 4. The van der Waals surface area contributed by atoms with Crippen LogP contribution in [0.1, 0.15) is 23.3 Å². The van der Waals surface area contributed by atoms with Crippen LogP contribution in [0, 0.1) is 11.2 Å². The Morgan fingerprint density at radius 1 is 1.24 bits per heavy atom. The van der Waals surface area contributed by atoms with E-state index in [0.717, 1.165) is 6.42 Å². The molecule has 1 aromatic carbocycles. The lowest BCUT2D eigenvalue weighted by Gasteiger charge is -2.24. The van der Waals surface area contributed by atoms with E-state index in [1.165, 1.54) is 30.7 Å². The van der Waals surface area contributed by atoms with Gasteiger partial charge in [0.2, 0.25) is 5.91 Å². The van der Waals surface area contributed by atoms with E-state index < -0.39 is 0 Å². The molecular formula is C18H17FN4O2. The van der Waals surface area contributed by atoms with Gasteiger partial charge in [0.05, 0.1) is 6.20 Å². The first-order chi connectivity index (χ1) is 12.1. The quantitative estimate of drug-likeness (QED) is 0.837. The number of likely N-dealkylation sites (tertiary alicyclic amines) is 1.